The van der Waals surface area contributed by atoms with Crippen molar-refractivity contribution in [2.75, 3.05) is 12.0 Å². The van der Waals surface area contributed by atoms with Gasteiger partial charge in [-0.2, -0.15) is 0 Å². The Labute approximate surface area is 193 Å². The Morgan fingerprint density at radius 3 is 2.45 bits per heavy atom. The van der Waals surface area contributed by atoms with Gasteiger partial charge in [0.1, 0.15) is 5.76 Å². The highest BCUT2D eigenvalue weighted by molar-refractivity contribution is 6.16. The minimum atomic E-state index is -0.746. The molecule has 1 unspecified atom stereocenters. The summed E-state index contributed by atoms with van der Waals surface area (Å²) < 4.78 is 10.8. The second-order valence-electron chi connectivity index (χ2n) is 8.52. The molecule has 0 saturated carbocycles. The van der Waals surface area contributed by atoms with Crippen molar-refractivity contribution in [2.45, 2.75) is 32.9 Å². The van der Waals surface area contributed by atoms with E-state index in [4.69, 9.17) is 9.15 Å². The van der Waals surface area contributed by atoms with Gasteiger partial charge >= 0.3 is 0 Å². The molecule has 1 atom stereocenters. The summed E-state index contributed by atoms with van der Waals surface area (Å²) in [7, 11) is 1.60. The topological polar surface area (TPSA) is 80.0 Å². The average Bonchev–Trinajstić information content (AvgIpc) is 3.42. The molecule has 0 fully saturated rings. The molecule has 1 amide bonds. The van der Waals surface area contributed by atoms with Gasteiger partial charge in [-0.05, 0) is 53.4 Å². The lowest BCUT2D eigenvalue weighted by molar-refractivity contribution is -0.118. The van der Waals surface area contributed by atoms with Crippen molar-refractivity contribution in [3.63, 3.8) is 0 Å². The molecule has 33 heavy (non-hydrogen) atoms. The highest BCUT2D eigenvalue weighted by atomic mass is 16.5. The number of nitrogens with zero attached hydrogens (tertiary/aromatic N) is 1. The minimum Gasteiger partial charge on any atom is -0.503 e. The van der Waals surface area contributed by atoms with Gasteiger partial charge in [0.25, 0.3) is 5.91 Å². The summed E-state index contributed by atoms with van der Waals surface area (Å²) in [4.78, 5) is 28.0. The predicted octanol–water partition coefficient (Wildman–Crippen LogP) is 5.61. The van der Waals surface area contributed by atoms with Gasteiger partial charge in [-0.1, -0.05) is 38.1 Å². The Morgan fingerprint density at radius 1 is 1.09 bits per heavy atom. The van der Waals surface area contributed by atoms with Crippen LogP contribution in [0, 0.1) is 5.92 Å². The number of methoxy groups -OCH3 is 1. The molecule has 4 rings (SSSR count). The van der Waals surface area contributed by atoms with Crippen LogP contribution in [0.25, 0.3) is 11.3 Å². The maximum absolute atomic E-state index is 13.3. The van der Waals surface area contributed by atoms with E-state index in [0.717, 1.165) is 16.7 Å². The molecule has 1 aromatic heterocycles. The number of anilines is 1. The van der Waals surface area contributed by atoms with Crippen LogP contribution in [0.5, 0.6) is 0 Å². The summed E-state index contributed by atoms with van der Waals surface area (Å²) in [5, 5.41) is 10.9. The van der Waals surface area contributed by atoms with Gasteiger partial charge in [0.05, 0.1) is 24.5 Å². The lowest BCUT2D eigenvalue weighted by atomic mass is 9.89. The third-order valence-corrected chi connectivity index (χ3v) is 5.70. The van der Waals surface area contributed by atoms with E-state index in [2.05, 4.69) is 0 Å². The number of ketones is 1. The second kappa shape index (κ2) is 9.46. The Bertz CT molecular complexity index is 1180. The van der Waals surface area contributed by atoms with Crippen molar-refractivity contribution in [2.24, 2.45) is 5.92 Å². The number of benzene rings is 2. The summed E-state index contributed by atoms with van der Waals surface area (Å²) in [6.45, 7) is 4.19. The Kier molecular flexibility index (Phi) is 6.47. The Morgan fingerprint density at radius 2 is 1.82 bits per heavy atom. The summed E-state index contributed by atoms with van der Waals surface area (Å²) in [5.41, 5.74) is 3.16. The molecule has 6 nitrogen and oxygen atoms in total. The van der Waals surface area contributed by atoms with Crippen molar-refractivity contribution in [3.8, 4) is 11.3 Å². The molecule has 2 heterocycles. The molecule has 0 spiro atoms. The zero-order valence-electron chi connectivity index (χ0n) is 18.9. The number of carbonyl (C=O) groups excluding carboxylic acids is 2. The van der Waals surface area contributed by atoms with Crippen molar-refractivity contribution in [3.05, 3.63) is 89.4 Å². The van der Waals surface area contributed by atoms with Crippen molar-refractivity contribution in [1.29, 1.82) is 0 Å². The fraction of sp³-hybridized carbons (Fsp3) is 0.259. The standard InChI is InChI=1S/C27H27NO5/c1-17(2)15-22(29)24-25(21-8-5-4-7-19(21)16-32-3)28(27(31)26(24)30)20-12-10-18(11-13-20)23-9-6-14-33-23/h4-14,17,25,30H,15-16H2,1-3H3. The van der Waals surface area contributed by atoms with Gasteiger partial charge in [-0.25, -0.2) is 0 Å². The van der Waals surface area contributed by atoms with Crippen molar-refractivity contribution in [1.82, 2.24) is 0 Å². The number of hydrogen-bond acceptors (Lipinski definition) is 5. The summed E-state index contributed by atoms with van der Waals surface area (Å²) in [6, 6.07) is 17.7. The predicted molar refractivity (Wildman–Crippen MR) is 126 cm³/mol. The molecule has 0 aliphatic carbocycles. The van der Waals surface area contributed by atoms with E-state index in [1.54, 1.807) is 25.5 Å². The fourth-order valence-electron chi connectivity index (χ4n) is 4.25. The summed E-state index contributed by atoms with van der Waals surface area (Å²) >= 11 is 0. The molecule has 1 N–H and O–H groups in total. The minimum absolute atomic E-state index is 0.0874. The van der Waals surface area contributed by atoms with E-state index >= 15 is 0 Å². The number of ether oxygens (including phenoxy) is 1. The largest absolute Gasteiger partial charge is 0.503 e. The number of hydrogen-bond donors (Lipinski definition) is 1. The summed E-state index contributed by atoms with van der Waals surface area (Å²) in [5.74, 6) is -0.518. The highest BCUT2D eigenvalue weighted by Crippen LogP contribution is 2.43. The number of furan rings is 1. The van der Waals surface area contributed by atoms with Gasteiger partial charge in [0, 0.05) is 24.8 Å². The lowest BCUT2D eigenvalue weighted by Crippen LogP contribution is -2.31. The number of amides is 1. The normalized spacial score (nSPS) is 16.2. The van der Waals surface area contributed by atoms with Gasteiger partial charge in [-0.15, -0.1) is 0 Å². The van der Waals surface area contributed by atoms with Crippen LogP contribution in [0.4, 0.5) is 5.69 Å². The number of rotatable bonds is 8. The van der Waals surface area contributed by atoms with Crippen molar-refractivity contribution >= 4 is 17.4 Å². The number of carbonyl (C=O) groups is 2. The van der Waals surface area contributed by atoms with E-state index in [0.29, 0.717) is 18.1 Å². The molecular formula is C27H27NO5. The van der Waals surface area contributed by atoms with Gasteiger partial charge in [0.2, 0.25) is 0 Å². The monoisotopic (exact) mass is 445 g/mol. The van der Waals surface area contributed by atoms with Crippen molar-refractivity contribution < 1.29 is 23.8 Å². The fourth-order valence-corrected chi connectivity index (χ4v) is 4.25. The van der Waals surface area contributed by atoms with Crippen LogP contribution >= 0.6 is 0 Å². The second-order valence-corrected chi connectivity index (χ2v) is 8.52. The molecule has 1 aliphatic rings. The van der Waals surface area contributed by atoms with Gasteiger partial charge < -0.3 is 14.3 Å². The molecule has 6 heteroatoms. The average molecular weight is 446 g/mol. The first kappa shape index (κ1) is 22.6. The summed E-state index contributed by atoms with van der Waals surface area (Å²) in [6.07, 6.45) is 1.84. The van der Waals surface area contributed by atoms with Crippen LogP contribution in [-0.4, -0.2) is 23.9 Å². The molecule has 0 radical (unpaired) electrons. The quantitative estimate of drug-likeness (QED) is 0.488. The molecule has 0 saturated heterocycles. The zero-order chi connectivity index (χ0) is 23.5. The van der Waals surface area contributed by atoms with E-state index in [9.17, 15) is 14.7 Å². The maximum atomic E-state index is 13.3. The van der Waals surface area contributed by atoms with Crippen LogP contribution in [0.2, 0.25) is 0 Å². The third kappa shape index (κ3) is 4.34. The first-order chi connectivity index (χ1) is 15.9. The molecular weight excluding hydrogens is 418 g/mol. The molecule has 1 aliphatic heterocycles. The number of aliphatic hydroxyl groups excluding tert-OH is 1. The number of aliphatic hydroxyl groups is 1. The van der Waals surface area contributed by atoms with E-state index < -0.39 is 17.7 Å². The van der Waals surface area contributed by atoms with Crippen LogP contribution < -0.4 is 4.90 Å². The van der Waals surface area contributed by atoms with E-state index in [1.807, 2.05) is 62.4 Å². The SMILES string of the molecule is COCc1ccccc1C1C(C(=O)CC(C)C)=C(O)C(=O)N1c1ccc(-c2ccco2)cc1. The first-order valence-corrected chi connectivity index (χ1v) is 10.9. The Hall–Kier alpha value is -3.64. The number of Topliss-reactive ketones (excluding diaryl/α,β-unsaturated/α-hetero) is 1. The first-order valence-electron chi connectivity index (χ1n) is 10.9. The smallest absolute Gasteiger partial charge is 0.294 e. The van der Waals surface area contributed by atoms with Crippen LogP contribution in [0.3, 0.4) is 0 Å². The van der Waals surface area contributed by atoms with Crippen LogP contribution in [0.1, 0.15) is 37.4 Å². The third-order valence-electron chi connectivity index (χ3n) is 5.70. The lowest BCUT2D eigenvalue weighted by Gasteiger charge is -2.28. The van der Waals surface area contributed by atoms with Crippen LogP contribution in [0.15, 0.2) is 82.7 Å². The van der Waals surface area contributed by atoms with Crippen LogP contribution in [-0.2, 0) is 20.9 Å². The molecule has 3 aromatic rings. The van der Waals surface area contributed by atoms with E-state index in [-0.39, 0.29) is 23.7 Å². The highest BCUT2D eigenvalue weighted by Gasteiger charge is 2.44. The van der Waals surface area contributed by atoms with Gasteiger partial charge in [0.15, 0.2) is 11.5 Å². The zero-order valence-corrected chi connectivity index (χ0v) is 18.9. The molecule has 2 aromatic carbocycles. The molecule has 0 bridgehead atoms. The molecule has 170 valence electrons. The Balaban J connectivity index is 1.82. The van der Waals surface area contributed by atoms with E-state index in [1.165, 1.54) is 4.90 Å². The van der Waals surface area contributed by atoms with Gasteiger partial charge in [-0.3, -0.25) is 14.5 Å². The maximum Gasteiger partial charge on any atom is 0.294 e.